The lowest BCUT2D eigenvalue weighted by Gasteiger charge is -2.36. The number of rotatable bonds is 5. The van der Waals surface area contributed by atoms with Crippen LogP contribution in [0.15, 0.2) is 0 Å². The number of hydrogen-bond acceptors (Lipinski definition) is 4. The van der Waals surface area contributed by atoms with Gasteiger partial charge in [0.15, 0.2) is 0 Å². The molecule has 0 aromatic rings. The van der Waals surface area contributed by atoms with Crippen LogP contribution in [-0.4, -0.2) is 55.8 Å². The second-order valence-corrected chi connectivity index (χ2v) is 7.00. The number of carbonyl (C=O) groups is 2. The van der Waals surface area contributed by atoms with Gasteiger partial charge in [-0.3, -0.25) is 9.59 Å². The zero-order valence-electron chi connectivity index (χ0n) is 11.0. The van der Waals surface area contributed by atoms with Crippen molar-refractivity contribution in [2.24, 2.45) is 0 Å². The van der Waals surface area contributed by atoms with Crippen molar-refractivity contribution in [3.05, 3.63) is 0 Å². The van der Waals surface area contributed by atoms with Gasteiger partial charge in [-0.05, 0) is 13.3 Å². The highest BCUT2D eigenvalue weighted by Crippen LogP contribution is 2.12. The second-order valence-electron chi connectivity index (χ2n) is 4.82. The molecular formula is C11H20N2O4S. The van der Waals surface area contributed by atoms with Crippen molar-refractivity contribution in [1.82, 2.24) is 10.2 Å². The first kappa shape index (κ1) is 14.9. The van der Waals surface area contributed by atoms with Crippen LogP contribution in [-0.2, 0) is 19.4 Å². The molecule has 0 bridgehead atoms. The Morgan fingerprint density at radius 3 is 2.56 bits per heavy atom. The van der Waals surface area contributed by atoms with Crippen LogP contribution in [0.4, 0.5) is 0 Å². The molecule has 0 aromatic carbocycles. The SMILES string of the molecule is CCCC1NC(=O)CN(C(C)CS(C)(=O)=O)C1=O. The predicted molar refractivity (Wildman–Crippen MR) is 67.7 cm³/mol. The van der Waals surface area contributed by atoms with E-state index in [2.05, 4.69) is 5.32 Å². The van der Waals surface area contributed by atoms with Crippen LogP contribution in [0.25, 0.3) is 0 Å². The van der Waals surface area contributed by atoms with Crippen molar-refractivity contribution in [2.75, 3.05) is 18.6 Å². The third-order valence-corrected chi connectivity index (χ3v) is 3.97. The van der Waals surface area contributed by atoms with Gasteiger partial charge >= 0.3 is 0 Å². The fourth-order valence-corrected chi connectivity index (χ4v) is 3.18. The first-order chi connectivity index (χ1) is 8.24. The average Bonchev–Trinajstić information content (AvgIpc) is 2.20. The summed E-state index contributed by atoms with van der Waals surface area (Å²) in [5.41, 5.74) is 0. The van der Waals surface area contributed by atoms with Gasteiger partial charge in [0.1, 0.15) is 15.9 Å². The molecule has 1 saturated heterocycles. The standard InChI is InChI=1S/C11H20N2O4S/c1-4-5-9-11(15)13(6-10(14)12-9)8(2)7-18(3,16)17/h8-9H,4-7H2,1-3H3,(H,12,14). The molecule has 2 amide bonds. The molecule has 18 heavy (non-hydrogen) atoms. The summed E-state index contributed by atoms with van der Waals surface area (Å²) in [5, 5.41) is 2.64. The molecular weight excluding hydrogens is 256 g/mol. The van der Waals surface area contributed by atoms with Crippen LogP contribution in [0.2, 0.25) is 0 Å². The molecule has 1 aliphatic rings. The maximum atomic E-state index is 12.1. The Kier molecular flexibility index (Phi) is 4.72. The molecule has 0 spiro atoms. The van der Waals surface area contributed by atoms with Crippen LogP contribution in [0.5, 0.6) is 0 Å². The average molecular weight is 276 g/mol. The van der Waals surface area contributed by atoms with Crippen LogP contribution >= 0.6 is 0 Å². The maximum Gasteiger partial charge on any atom is 0.245 e. The zero-order chi connectivity index (χ0) is 13.9. The van der Waals surface area contributed by atoms with Crippen molar-refractivity contribution in [3.8, 4) is 0 Å². The maximum absolute atomic E-state index is 12.1. The third kappa shape index (κ3) is 3.97. The van der Waals surface area contributed by atoms with E-state index in [-0.39, 0.29) is 24.1 Å². The summed E-state index contributed by atoms with van der Waals surface area (Å²) in [7, 11) is -3.17. The normalized spacial score (nSPS) is 22.8. The molecule has 7 heteroatoms. The van der Waals surface area contributed by atoms with Gasteiger partial charge in [-0.2, -0.15) is 0 Å². The second kappa shape index (κ2) is 5.69. The van der Waals surface area contributed by atoms with Gasteiger partial charge in [0.25, 0.3) is 0 Å². The molecule has 1 N–H and O–H groups in total. The van der Waals surface area contributed by atoms with Crippen LogP contribution in [0, 0.1) is 0 Å². The van der Waals surface area contributed by atoms with Crippen LogP contribution in [0.1, 0.15) is 26.7 Å². The van der Waals surface area contributed by atoms with E-state index in [9.17, 15) is 18.0 Å². The van der Waals surface area contributed by atoms with Gasteiger partial charge in [-0.25, -0.2) is 8.42 Å². The lowest BCUT2D eigenvalue weighted by Crippen LogP contribution is -2.60. The van der Waals surface area contributed by atoms with Crippen LogP contribution in [0.3, 0.4) is 0 Å². The van der Waals surface area contributed by atoms with Crippen molar-refractivity contribution in [1.29, 1.82) is 0 Å². The molecule has 6 nitrogen and oxygen atoms in total. The minimum Gasteiger partial charge on any atom is -0.343 e. The Morgan fingerprint density at radius 1 is 1.44 bits per heavy atom. The van der Waals surface area contributed by atoms with Crippen LogP contribution < -0.4 is 5.32 Å². The van der Waals surface area contributed by atoms with E-state index in [1.54, 1.807) is 6.92 Å². The van der Waals surface area contributed by atoms with E-state index in [1.807, 2.05) is 6.92 Å². The highest BCUT2D eigenvalue weighted by atomic mass is 32.2. The quantitative estimate of drug-likeness (QED) is 0.737. The molecule has 0 aliphatic carbocycles. The summed E-state index contributed by atoms with van der Waals surface area (Å²) in [6, 6.07) is -0.990. The predicted octanol–water partition coefficient (Wildman–Crippen LogP) is -0.453. The molecule has 0 aromatic heterocycles. The molecule has 1 aliphatic heterocycles. The van der Waals surface area contributed by atoms with Gasteiger partial charge < -0.3 is 10.2 Å². The van der Waals surface area contributed by atoms with Gasteiger partial charge in [0.05, 0.1) is 12.3 Å². The number of nitrogens with zero attached hydrogens (tertiary/aromatic N) is 1. The minimum atomic E-state index is -3.17. The monoisotopic (exact) mass is 276 g/mol. The molecule has 1 rings (SSSR count). The minimum absolute atomic E-state index is 0.0598. The highest BCUT2D eigenvalue weighted by molar-refractivity contribution is 7.90. The van der Waals surface area contributed by atoms with Gasteiger partial charge in [-0.15, -0.1) is 0 Å². The summed E-state index contributed by atoms with van der Waals surface area (Å²) in [6.45, 7) is 3.52. The molecule has 2 atom stereocenters. The van der Waals surface area contributed by atoms with E-state index in [4.69, 9.17) is 0 Å². The topological polar surface area (TPSA) is 83.6 Å². The summed E-state index contributed by atoms with van der Waals surface area (Å²) < 4.78 is 22.5. The van der Waals surface area contributed by atoms with E-state index in [1.165, 1.54) is 4.90 Å². The fourth-order valence-electron chi connectivity index (χ4n) is 2.12. The fraction of sp³-hybridized carbons (Fsp3) is 0.818. The van der Waals surface area contributed by atoms with Gasteiger partial charge in [-0.1, -0.05) is 13.3 Å². The number of hydrogen-bond donors (Lipinski definition) is 1. The van der Waals surface area contributed by atoms with Crippen molar-refractivity contribution >= 4 is 21.7 Å². The Bertz CT molecular complexity index is 432. The highest BCUT2D eigenvalue weighted by Gasteiger charge is 2.35. The van der Waals surface area contributed by atoms with Crippen molar-refractivity contribution in [2.45, 2.75) is 38.8 Å². The summed E-state index contributed by atoms with van der Waals surface area (Å²) >= 11 is 0. The van der Waals surface area contributed by atoms with Gasteiger partial charge in [0.2, 0.25) is 11.8 Å². The van der Waals surface area contributed by atoms with E-state index in [0.29, 0.717) is 6.42 Å². The zero-order valence-corrected chi connectivity index (χ0v) is 11.8. The number of amides is 2. The summed E-state index contributed by atoms with van der Waals surface area (Å²) in [5.74, 6) is -0.536. The number of carbonyl (C=O) groups excluding carboxylic acids is 2. The Hall–Kier alpha value is -1.11. The Labute approximate surface area is 108 Å². The number of piperazine rings is 1. The molecule has 1 fully saturated rings. The largest absolute Gasteiger partial charge is 0.343 e. The molecule has 1 heterocycles. The van der Waals surface area contributed by atoms with Crippen molar-refractivity contribution in [3.63, 3.8) is 0 Å². The lowest BCUT2D eigenvalue weighted by atomic mass is 10.1. The molecule has 0 radical (unpaired) electrons. The Balaban J connectivity index is 2.80. The van der Waals surface area contributed by atoms with E-state index >= 15 is 0 Å². The first-order valence-corrected chi connectivity index (χ1v) is 8.08. The summed E-state index contributed by atoms with van der Waals surface area (Å²) in [6.07, 6.45) is 2.49. The molecule has 104 valence electrons. The van der Waals surface area contributed by atoms with Crippen molar-refractivity contribution < 1.29 is 18.0 Å². The Morgan fingerprint density at radius 2 is 2.06 bits per heavy atom. The first-order valence-electron chi connectivity index (χ1n) is 6.02. The van der Waals surface area contributed by atoms with E-state index in [0.717, 1.165) is 12.7 Å². The third-order valence-electron chi connectivity index (χ3n) is 2.88. The number of sulfone groups is 1. The van der Waals surface area contributed by atoms with E-state index < -0.39 is 21.9 Å². The smallest absolute Gasteiger partial charge is 0.245 e. The molecule has 0 saturated carbocycles. The number of nitrogens with one attached hydrogen (secondary N) is 1. The summed E-state index contributed by atoms with van der Waals surface area (Å²) in [4.78, 5) is 25.0. The van der Waals surface area contributed by atoms with Gasteiger partial charge in [0, 0.05) is 12.3 Å². The molecule has 2 unspecified atom stereocenters. The lowest BCUT2D eigenvalue weighted by molar-refractivity contribution is -0.146.